The van der Waals surface area contributed by atoms with Gasteiger partial charge in [-0.3, -0.25) is 4.79 Å². The normalized spacial score (nSPS) is 12.2. The topological polar surface area (TPSA) is 112 Å². The maximum atomic E-state index is 12.9. The van der Waals surface area contributed by atoms with Crippen molar-refractivity contribution in [3.63, 3.8) is 0 Å². The molecule has 4 N–H and O–H groups in total. The Morgan fingerprint density at radius 2 is 2.06 bits per heavy atom. The molecule has 1 unspecified atom stereocenters. The molecule has 3 aromatic heterocycles. The molecular formula is C26H26N6O2S. The van der Waals surface area contributed by atoms with E-state index >= 15 is 0 Å². The molecule has 3 heterocycles. The summed E-state index contributed by atoms with van der Waals surface area (Å²) in [5, 5.41) is 13.3. The summed E-state index contributed by atoms with van der Waals surface area (Å²) in [6.45, 7) is 1.94. The van der Waals surface area contributed by atoms with Crippen molar-refractivity contribution < 1.29 is 5.11 Å². The number of H-pyrrole nitrogens is 2. The average molecular weight is 487 g/mol. The number of nitrogens with zero attached hydrogens (tertiary/aromatic N) is 3. The number of fused-ring (bicyclic) bond motifs is 1. The second kappa shape index (κ2) is 10.2. The van der Waals surface area contributed by atoms with Crippen molar-refractivity contribution in [3.05, 3.63) is 94.9 Å². The summed E-state index contributed by atoms with van der Waals surface area (Å²) in [6, 6.07) is 15.8. The molecule has 0 aliphatic carbocycles. The number of aryl methyl sites for hydroxylation is 1. The Labute approximate surface area is 206 Å². The molecule has 8 nitrogen and oxygen atoms in total. The van der Waals surface area contributed by atoms with E-state index in [0.717, 1.165) is 28.0 Å². The second-order valence-electron chi connectivity index (χ2n) is 8.33. The molecule has 9 heteroatoms. The van der Waals surface area contributed by atoms with Gasteiger partial charge in [0.15, 0.2) is 0 Å². The van der Waals surface area contributed by atoms with Crippen LogP contribution in [0.15, 0.2) is 78.2 Å². The third kappa shape index (κ3) is 5.01. The number of hydrogen-bond donors (Lipinski definition) is 4. The van der Waals surface area contributed by atoms with Gasteiger partial charge in [0.1, 0.15) is 11.4 Å². The highest BCUT2D eigenvalue weighted by atomic mass is 32.2. The molecular weight excluding hydrogens is 460 g/mol. The predicted octanol–water partition coefficient (Wildman–Crippen LogP) is 4.12. The van der Waals surface area contributed by atoms with Crippen molar-refractivity contribution in [1.82, 2.24) is 24.5 Å². The van der Waals surface area contributed by atoms with E-state index in [1.54, 1.807) is 36.5 Å². The van der Waals surface area contributed by atoms with Gasteiger partial charge in [-0.1, -0.05) is 30.3 Å². The van der Waals surface area contributed by atoms with Gasteiger partial charge in [-0.2, -0.15) is 11.8 Å². The van der Waals surface area contributed by atoms with Gasteiger partial charge in [-0.25, -0.2) is 9.97 Å². The van der Waals surface area contributed by atoms with Crippen LogP contribution in [0.1, 0.15) is 11.1 Å². The van der Waals surface area contributed by atoms with Crippen molar-refractivity contribution in [1.29, 1.82) is 0 Å². The van der Waals surface area contributed by atoms with E-state index in [1.807, 2.05) is 48.0 Å². The quantitative estimate of drug-likeness (QED) is 0.249. The molecule has 5 rings (SSSR count). The van der Waals surface area contributed by atoms with Crippen LogP contribution in [0, 0.1) is 6.92 Å². The van der Waals surface area contributed by atoms with E-state index in [9.17, 15) is 9.90 Å². The largest absolute Gasteiger partial charge is 0.394 e. The number of aromatic nitrogens is 5. The number of hydrogen-bond acceptors (Lipinski definition) is 6. The lowest BCUT2D eigenvalue weighted by Gasteiger charge is -2.18. The van der Waals surface area contributed by atoms with Gasteiger partial charge in [-0.05, 0) is 36.2 Å². The molecule has 5 aromatic rings. The van der Waals surface area contributed by atoms with E-state index in [0.29, 0.717) is 22.8 Å². The number of aliphatic hydroxyl groups excluding tert-OH is 1. The zero-order valence-electron chi connectivity index (χ0n) is 19.2. The zero-order valence-corrected chi connectivity index (χ0v) is 20.0. The number of nitrogens with one attached hydrogen (secondary N) is 3. The van der Waals surface area contributed by atoms with E-state index in [2.05, 4.69) is 32.4 Å². The number of thioether (sulfide) groups is 1. The molecule has 0 aliphatic rings. The van der Waals surface area contributed by atoms with Crippen LogP contribution in [0.5, 0.6) is 0 Å². The molecule has 1 atom stereocenters. The average Bonchev–Trinajstić information content (AvgIpc) is 3.55. The van der Waals surface area contributed by atoms with Crippen LogP contribution < -0.4 is 10.9 Å². The van der Waals surface area contributed by atoms with E-state index in [1.165, 1.54) is 5.56 Å². The van der Waals surface area contributed by atoms with E-state index in [-0.39, 0.29) is 18.2 Å². The number of anilines is 1. The van der Waals surface area contributed by atoms with Crippen LogP contribution in [0.4, 0.5) is 5.69 Å². The first kappa shape index (κ1) is 22.9. The first-order valence-electron chi connectivity index (χ1n) is 11.3. The number of benzene rings is 2. The van der Waals surface area contributed by atoms with Gasteiger partial charge in [0.2, 0.25) is 0 Å². The minimum atomic E-state index is -0.254. The van der Waals surface area contributed by atoms with Gasteiger partial charge in [0.25, 0.3) is 5.56 Å². The summed E-state index contributed by atoms with van der Waals surface area (Å²) in [6.07, 6.45) is 6.96. The number of imidazole rings is 2. The van der Waals surface area contributed by atoms with Crippen LogP contribution in [0.25, 0.3) is 28.1 Å². The highest BCUT2D eigenvalue weighted by molar-refractivity contribution is 7.98. The summed E-state index contributed by atoms with van der Waals surface area (Å²) >= 11 is 1.73. The third-order valence-corrected chi connectivity index (χ3v) is 6.95. The highest BCUT2D eigenvalue weighted by Crippen LogP contribution is 2.28. The maximum absolute atomic E-state index is 12.9. The van der Waals surface area contributed by atoms with Gasteiger partial charge >= 0.3 is 0 Å². The van der Waals surface area contributed by atoms with Crippen molar-refractivity contribution in [2.24, 2.45) is 0 Å². The first-order chi connectivity index (χ1) is 17.1. The minimum absolute atomic E-state index is 0.0540. The highest BCUT2D eigenvalue weighted by Gasteiger charge is 2.18. The number of rotatable bonds is 9. The zero-order chi connectivity index (χ0) is 24.2. The molecule has 0 saturated carbocycles. The lowest BCUT2D eigenvalue weighted by atomic mass is 10.2. The number of aliphatic hydroxyl groups is 1. The Kier molecular flexibility index (Phi) is 6.69. The maximum Gasteiger partial charge on any atom is 0.261 e. The Hall–Kier alpha value is -3.82. The molecule has 0 saturated heterocycles. The Morgan fingerprint density at radius 1 is 1.20 bits per heavy atom. The van der Waals surface area contributed by atoms with E-state index in [4.69, 9.17) is 4.98 Å². The monoisotopic (exact) mass is 486 g/mol. The fourth-order valence-electron chi connectivity index (χ4n) is 4.04. The van der Waals surface area contributed by atoms with Crippen LogP contribution in [-0.2, 0) is 5.75 Å². The Balaban J connectivity index is 1.41. The van der Waals surface area contributed by atoms with Crippen molar-refractivity contribution in [2.75, 3.05) is 17.7 Å². The standard InChI is InChI=1S/C26H26N6O2S/c1-17-11-20(32-10-9-27-16-32)12-22-24(17)31-25(30-22)23-21(7-8-28-26(23)34)29-19(13-33)15-35-14-18-5-3-2-4-6-18/h2-12,16,19,33H,13-15H2,1H3,(H,30,31)(H2,28,29,34). The molecule has 35 heavy (non-hydrogen) atoms. The lowest BCUT2D eigenvalue weighted by Crippen LogP contribution is -2.28. The molecule has 0 fully saturated rings. The van der Waals surface area contributed by atoms with Gasteiger partial charge in [0, 0.05) is 35.8 Å². The molecule has 0 aliphatic heterocycles. The Bertz CT molecular complexity index is 1480. The van der Waals surface area contributed by atoms with Crippen molar-refractivity contribution in [2.45, 2.75) is 18.7 Å². The second-order valence-corrected chi connectivity index (χ2v) is 9.36. The first-order valence-corrected chi connectivity index (χ1v) is 12.5. The minimum Gasteiger partial charge on any atom is -0.394 e. The molecule has 0 amide bonds. The van der Waals surface area contributed by atoms with Crippen LogP contribution in [0.2, 0.25) is 0 Å². The summed E-state index contributed by atoms with van der Waals surface area (Å²) < 4.78 is 1.92. The number of aromatic amines is 2. The number of pyridine rings is 1. The summed E-state index contributed by atoms with van der Waals surface area (Å²) in [4.78, 5) is 27.8. The molecule has 0 radical (unpaired) electrons. The van der Waals surface area contributed by atoms with Gasteiger partial charge in [-0.15, -0.1) is 0 Å². The third-order valence-electron chi connectivity index (χ3n) is 5.77. The van der Waals surface area contributed by atoms with E-state index < -0.39 is 0 Å². The summed E-state index contributed by atoms with van der Waals surface area (Å²) in [5.41, 5.74) is 5.59. The molecule has 2 aromatic carbocycles. The fourth-order valence-corrected chi connectivity index (χ4v) is 5.06. The van der Waals surface area contributed by atoms with Gasteiger partial charge < -0.3 is 25.0 Å². The summed E-state index contributed by atoms with van der Waals surface area (Å²) in [5.74, 6) is 2.01. The van der Waals surface area contributed by atoms with Crippen LogP contribution >= 0.6 is 11.8 Å². The summed E-state index contributed by atoms with van der Waals surface area (Å²) in [7, 11) is 0. The van der Waals surface area contributed by atoms with Crippen LogP contribution in [-0.4, -0.2) is 48.0 Å². The smallest absolute Gasteiger partial charge is 0.261 e. The van der Waals surface area contributed by atoms with Crippen molar-refractivity contribution >= 4 is 28.5 Å². The van der Waals surface area contributed by atoms with Gasteiger partial charge in [0.05, 0.1) is 35.7 Å². The predicted molar refractivity (Wildman–Crippen MR) is 141 cm³/mol. The molecule has 0 spiro atoms. The fraction of sp³-hybridized carbons (Fsp3) is 0.192. The molecule has 0 bridgehead atoms. The van der Waals surface area contributed by atoms with Crippen LogP contribution in [0.3, 0.4) is 0 Å². The lowest BCUT2D eigenvalue weighted by molar-refractivity contribution is 0.283. The Morgan fingerprint density at radius 3 is 2.83 bits per heavy atom. The van der Waals surface area contributed by atoms with Crippen molar-refractivity contribution in [3.8, 4) is 17.1 Å². The molecule has 178 valence electrons. The SMILES string of the molecule is Cc1cc(-n2ccnc2)cc2[nH]c(-c3c(NC(CO)CSCc4ccccc4)cc[nH]c3=O)nc12.